The first-order chi connectivity index (χ1) is 13.5. The number of fused-ring (bicyclic) bond motifs is 1. The van der Waals surface area contributed by atoms with Gasteiger partial charge in [0, 0.05) is 39.4 Å². The minimum Gasteiger partial charge on any atom is -0.383 e. The largest absolute Gasteiger partial charge is 0.383 e. The van der Waals surface area contributed by atoms with E-state index in [9.17, 15) is 13.2 Å². The van der Waals surface area contributed by atoms with Crippen LogP contribution in [-0.2, 0) is 37.3 Å². The van der Waals surface area contributed by atoms with Crippen molar-refractivity contribution in [3.05, 3.63) is 29.3 Å². The minimum absolute atomic E-state index is 0.0482. The Bertz CT molecular complexity index is 796. The van der Waals surface area contributed by atoms with Crippen molar-refractivity contribution in [2.75, 3.05) is 40.0 Å². The third-order valence-electron chi connectivity index (χ3n) is 5.50. The van der Waals surface area contributed by atoms with E-state index in [2.05, 4.69) is 0 Å². The monoisotopic (exact) mass is 410 g/mol. The summed E-state index contributed by atoms with van der Waals surface area (Å²) in [6, 6.07) is 5.23. The maximum atomic E-state index is 13.2. The maximum absolute atomic E-state index is 13.2. The molecule has 0 radical (unpaired) electrons. The van der Waals surface area contributed by atoms with Crippen LogP contribution >= 0.6 is 0 Å². The zero-order chi connectivity index (χ0) is 20.1. The van der Waals surface area contributed by atoms with E-state index < -0.39 is 10.0 Å². The van der Waals surface area contributed by atoms with Gasteiger partial charge < -0.3 is 14.4 Å². The first-order valence-electron chi connectivity index (χ1n) is 9.95. The van der Waals surface area contributed by atoms with Crippen molar-refractivity contribution >= 4 is 15.9 Å². The molecule has 2 heterocycles. The molecule has 0 unspecified atom stereocenters. The van der Waals surface area contributed by atoms with Crippen molar-refractivity contribution < 1.29 is 22.7 Å². The number of sulfonamides is 1. The number of benzene rings is 1. The first kappa shape index (κ1) is 21.2. The summed E-state index contributed by atoms with van der Waals surface area (Å²) in [5, 5.41) is 0. The Balaban J connectivity index is 1.76. The van der Waals surface area contributed by atoms with Crippen LogP contribution in [0.15, 0.2) is 23.1 Å². The van der Waals surface area contributed by atoms with Gasteiger partial charge >= 0.3 is 0 Å². The van der Waals surface area contributed by atoms with E-state index in [1.165, 1.54) is 0 Å². The molecule has 2 aliphatic rings. The zero-order valence-corrected chi connectivity index (χ0v) is 17.5. The molecule has 1 atom stereocenters. The second-order valence-electron chi connectivity index (χ2n) is 7.31. The predicted octanol–water partition coefficient (Wildman–Crippen LogP) is 1.80. The second kappa shape index (κ2) is 9.35. The number of hydrogen-bond donors (Lipinski definition) is 0. The van der Waals surface area contributed by atoms with Crippen LogP contribution in [0, 0.1) is 0 Å². The van der Waals surface area contributed by atoms with Crippen molar-refractivity contribution in [1.29, 1.82) is 0 Å². The van der Waals surface area contributed by atoms with E-state index in [0.717, 1.165) is 30.4 Å². The molecular weight excluding hydrogens is 380 g/mol. The molecule has 0 aromatic heterocycles. The molecule has 1 aromatic carbocycles. The van der Waals surface area contributed by atoms with Gasteiger partial charge in [-0.1, -0.05) is 6.07 Å². The molecule has 7 nitrogen and oxygen atoms in total. The van der Waals surface area contributed by atoms with Crippen LogP contribution in [0.3, 0.4) is 0 Å². The Morgan fingerprint density at radius 1 is 1.25 bits per heavy atom. The number of carbonyl (C=O) groups is 1. The second-order valence-corrected chi connectivity index (χ2v) is 9.20. The Hall–Kier alpha value is -1.48. The van der Waals surface area contributed by atoms with E-state index in [1.54, 1.807) is 28.4 Å². The third kappa shape index (κ3) is 4.56. The topological polar surface area (TPSA) is 76.2 Å². The molecule has 2 aliphatic heterocycles. The number of rotatable bonds is 8. The van der Waals surface area contributed by atoms with Gasteiger partial charge in [-0.3, -0.25) is 4.79 Å². The van der Waals surface area contributed by atoms with Gasteiger partial charge in [0.05, 0.1) is 24.5 Å². The summed E-state index contributed by atoms with van der Waals surface area (Å²) in [6.45, 7) is 4.96. The third-order valence-corrected chi connectivity index (χ3v) is 7.44. The summed E-state index contributed by atoms with van der Waals surface area (Å²) in [5.74, 6) is 0.0482. The lowest BCUT2D eigenvalue weighted by molar-refractivity contribution is -0.133. The van der Waals surface area contributed by atoms with Crippen LogP contribution in [0.4, 0.5) is 0 Å². The van der Waals surface area contributed by atoms with Crippen molar-refractivity contribution in [3.63, 3.8) is 0 Å². The highest BCUT2D eigenvalue weighted by molar-refractivity contribution is 7.89. The van der Waals surface area contributed by atoms with Gasteiger partial charge in [-0.25, -0.2) is 8.42 Å². The molecule has 3 rings (SSSR count). The summed E-state index contributed by atoms with van der Waals surface area (Å²) in [6.07, 6.45) is 2.76. The molecule has 28 heavy (non-hydrogen) atoms. The maximum Gasteiger partial charge on any atom is 0.243 e. The van der Waals surface area contributed by atoms with Crippen LogP contribution in [-0.4, -0.2) is 69.6 Å². The Morgan fingerprint density at radius 2 is 2.07 bits per heavy atom. The molecule has 1 fully saturated rings. The van der Waals surface area contributed by atoms with Crippen LogP contribution in [0.5, 0.6) is 0 Å². The summed E-state index contributed by atoms with van der Waals surface area (Å²) >= 11 is 0. The number of methoxy groups -OCH3 is 1. The number of nitrogens with zero attached hydrogens (tertiary/aromatic N) is 2. The Morgan fingerprint density at radius 3 is 2.82 bits per heavy atom. The highest BCUT2D eigenvalue weighted by Gasteiger charge is 2.35. The fraction of sp³-hybridized carbons (Fsp3) is 0.650. The van der Waals surface area contributed by atoms with Crippen molar-refractivity contribution in [1.82, 2.24) is 9.21 Å². The molecule has 0 bridgehead atoms. The van der Waals surface area contributed by atoms with Gasteiger partial charge in [0.15, 0.2) is 0 Å². The highest BCUT2D eigenvalue weighted by Crippen LogP contribution is 2.29. The van der Waals surface area contributed by atoms with Gasteiger partial charge in [-0.15, -0.1) is 0 Å². The van der Waals surface area contributed by atoms with Crippen LogP contribution in [0.2, 0.25) is 0 Å². The van der Waals surface area contributed by atoms with Crippen molar-refractivity contribution in [2.24, 2.45) is 0 Å². The Kier molecular flexibility index (Phi) is 7.09. The van der Waals surface area contributed by atoms with Gasteiger partial charge in [0.25, 0.3) is 0 Å². The van der Waals surface area contributed by atoms with Crippen LogP contribution in [0.25, 0.3) is 0 Å². The molecule has 0 N–H and O–H groups in total. The molecule has 0 saturated carbocycles. The minimum atomic E-state index is -3.57. The zero-order valence-electron chi connectivity index (χ0n) is 16.7. The Labute approximate surface area is 167 Å². The highest BCUT2D eigenvalue weighted by atomic mass is 32.2. The van der Waals surface area contributed by atoms with E-state index >= 15 is 0 Å². The SMILES string of the molecule is CCOCCC(=O)N1CCc2ccc(S(=O)(=O)N3CCC[C@H]3COC)cc2C1. The van der Waals surface area contributed by atoms with Crippen LogP contribution in [0.1, 0.15) is 37.3 Å². The van der Waals surface area contributed by atoms with E-state index in [4.69, 9.17) is 9.47 Å². The summed E-state index contributed by atoms with van der Waals surface area (Å²) in [7, 11) is -1.97. The summed E-state index contributed by atoms with van der Waals surface area (Å²) in [5.41, 5.74) is 2.03. The molecule has 0 aliphatic carbocycles. The number of hydrogen-bond acceptors (Lipinski definition) is 5. The molecule has 1 amide bonds. The lowest BCUT2D eigenvalue weighted by atomic mass is 10.00. The number of amides is 1. The van der Waals surface area contributed by atoms with Crippen molar-refractivity contribution in [2.45, 2.75) is 50.1 Å². The lowest BCUT2D eigenvalue weighted by Crippen LogP contribution is -2.39. The quantitative estimate of drug-likeness (QED) is 0.611. The molecule has 8 heteroatoms. The van der Waals surface area contributed by atoms with Gasteiger partial charge in [0.1, 0.15) is 0 Å². The molecule has 1 aromatic rings. The predicted molar refractivity (Wildman–Crippen MR) is 105 cm³/mol. The molecule has 1 saturated heterocycles. The average molecular weight is 411 g/mol. The summed E-state index contributed by atoms with van der Waals surface area (Å²) in [4.78, 5) is 14.5. The molecule has 156 valence electrons. The fourth-order valence-corrected chi connectivity index (χ4v) is 5.72. The standard InChI is InChI=1S/C20H30N2O5S/c1-3-27-12-9-20(23)21-11-8-16-6-7-19(13-17(16)14-21)28(24,25)22-10-4-5-18(22)15-26-2/h6-7,13,18H,3-5,8-12,14-15H2,1-2H3/t18-/m0/s1. The number of carbonyl (C=O) groups excluding carboxylic acids is 1. The van der Waals surface area contributed by atoms with E-state index in [-0.39, 0.29) is 11.9 Å². The smallest absolute Gasteiger partial charge is 0.243 e. The number of ether oxygens (including phenoxy) is 2. The fourth-order valence-electron chi connectivity index (χ4n) is 3.99. The first-order valence-corrected chi connectivity index (χ1v) is 11.4. The molecular formula is C20H30N2O5S. The molecule has 0 spiro atoms. The normalized spacial score (nSPS) is 20.4. The lowest BCUT2D eigenvalue weighted by Gasteiger charge is -2.30. The van der Waals surface area contributed by atoms with Crippen LogP contribution < -0.4 is 0 Å². The van der Waals surface area contributed by atoms with E-state index in [0.29, 0.717) is 50.8 Å². The summed E-state index contributed by atoms with van der Waals surface area (Å²) < 4.78 is 38.4. The average Bonchev–Trinajstić information content (AvgIpc) is 3.16. The van der Waals surface area contributed by atoms with Gasteiger partial charge in [-0.05, 0) is 49.4 Å². The van der Waals surface area contributed by atoms with E-state index in [1.807, 2.05) is 13.0 Å². The van der Waals surface area contributed by atoms with Crippen molar-refractivity contribution in [3.8, 4) is 0 Å². The van der Waals surface area contributed by atoms with Gasteiger partial charge in [0.2, 0.25) is 15.9 Å². The van der Waals surface area contributed by atoms with Gasteiger partial charge in [-0.2, -0.15) is 4.31 Å².